The Labute approximate surface area is 172 Å². The van der Waals surface area contributed by atoms with E-state index in [9.17, 15) is 8.78 Å². The highest BCUT2D eigenvalue weighted by Crippen LogP contribution is 2.27. The van der Waals surface area contributed by atoms with Crippen molar-refractivity contribution in [1.29, 1.82) is 0 Å². The van der Waals surface area contributed by atoms with Crippen LogP contribution < -0.4 is 20.1 Å². The van der Waals surface area contributed by atoms with Gasteiger partial charge >= 0.3 is 6.61 Å². The second-order valence-corrected chi connectivity index (χ2v) is 6.41. The number of hydrogen-bond acceptors (Lipinski definition) is 5. The van der Waals surface area contributed by atoms with Gasteiger partial charge in [-0.2, -0.15) is 8.78 Å². The molecule has 7 nitrogen and oxygen atoms in total. The van der Waals surface area contributed by atoms with E-state index in [1.165, 1.54) is 6.07 Å². The predicted molar refractivity (Wildman–Crippen MR) is 111 cm³/mol. The van der Waals surface area contributed by atoms with Gasteiger partial charge in [-0.15, -0.1) is 0 Å². The number of rotatable bonds is 14. The summed E-state index contributed by atoms with van der Waals surface area (Å²) in [5.74, 6) is 1.19. The number of hydrogen-bond donors (Lipinski definition) is 2. The van der Waals surface area contributed by atoms with Crippen molar-refractivity contribution < 1.29 is 23.0 Å². The summed E-state index contributed by atoms with van der Waals surface area (Å²) < 4.78 is 40.8. The van der Waals surface area contributed by atoms with Gasteiger partial charge in [0.25, 0.3) is 0 Å². The molecule has 9 heteroatoms. The third-order valence-electron chi connectivity index (χ3n) is 3.94. The quantitative estimate of drug-likeness (QED) is 0.359. The maximum atomic E-state index is 12.8. The zero-order chi connectivity index (χ0) is 21.5. The summed E-state index contributed by atoms with van der Waals surface area (Å²) in [7, 11) is 3.69. The van der Waals surface area contributed by atoms with Gasteiger partial charge in [0.2, 0.25) is 0 Å². The second-order valence-electron chi connectivity index (χ2n) is 6.41. The number of nitrogens with zero attached hydrogens (tertiary/aromatic N) is 2. The third-order valence-corrected chi connectivity index (χ3v) is 3.94. The first-order valence-electron chi connectivity index (χ1n) is 9.90. The summed E-state index contributed by atoms with van der Waals surface area (Å²) in [6, 6.07) is 4.93. The van der Waals surface area contributed by atoms with Crippen LogP contribution in [-0.2, 0) is 11.3 Å². The van der Waals surface area contributed by atoms with Crippen LogP contribution in [0.15, 0.2) is 23.2 Å². The first kappa shape index (κ1) is 24.9. The van der Waals surface area contributed by atoms with Crippen molar-refractivity contribution in [2.24, 2.45) is 4.99 Å². The van der Waals surface area contributed by atoms with E-state index in [4.69, 9.17) is 9.47 Å². The van der Waals surface area contributed by atoms with Crippen molar-refractivity contribution in [2.45, 2.75) is 33.4 Å². The molecule has 1 aromatic carbocycles. The minimum atomic E-state index is -2.91. The lowest BCUT2D eigenvalue weighted by Crippen LogP contribution is -2.41. The van der Waals surface area contributed by atoms with Crippen LogP contribution >= 0.6 is 0 Å². The topological polar surface area (TPSA) is 67.4 Å². The molecule has 0 aromatic heterocycles. The van der Waals surface area contributed by atoms with Crippen LogP contribution in [0.5, 0.6) is 11.5 Å². The summed E-state index contributed by atoms with van der Waals surface area (Å²) in [6.07, 6.45) is 0.829. The fourth-order valence-corrected chi connectivity index (χ4v) is 2.41. The van der Waals surface area contributed by atoms with Gasteiger partial charge in [-0.1, -0.05) is 6.92 Å². The molecule has 0 bridgehead atoms. The minimum absolute atomic E-state index is 0.0764. The molecule has 0 saturated carbocycles. The molecule has 0 aliphatic carbocycles. The molecule has 0 aliphatic rings. The SMILES string of the molecule is CCCOc1ccc(CN=C(NCC)NCCN(C)CCOC)c(OC(F)F)c1. The van der Waals surface area contributed by atoms with Gasteiger partial charge in [-0.25, -0.2) is 4.99 Å². The zero-order valence-electron chi connectivity index (χ0n) is 17.8. The Morgan fingerprint density at radius 1 is 1.17 bits per heavy atom. The monoisotopic (exact) mass is 416 g/mol. The Morgan fingerprint density at radius 2 is 1.97 bits per heavy atom. The fraction of sp³-hybridized carbons (Fsp3) is 0.650. The molecule has 0 amide bonds. The Balaban J connectivity index is 2.75. The van der Waals surface area contributed by atoms with Crippen molar-refractivity contribution in [3.8, 4) is 11.5 Å². The van der Waals surface area contributed by atoms with Crippen molar-refractivity contribution in [2.75, 3.05) is 53.6 Å². The highest BCUT2D eigenvalue weighted by molar-refractivity contribution is 5.79. The van der Waals surface area contributed by atoms with Crippen molar-refractivity contribution in [1.82, 2.24) is 15.5 Å². The molecule has 1 rings (SSSR count). The average molecular weight is 417 g/mol. The Hall–Kier alpha value is -2.13. The van der Waals surface area contributed by atoms with Gasteiger partial charge in [-0.05, 0) is 32.5 Å². The lowest BCUT2D eigenvalue weighted by Gasteiger charge is -2.18. The smallest absolute Gasteiger partial charge is 0.387 e. The molecule has 29 heavy (non-hydrogen) atoms. The van der Waals surface area contributed by atoms with E-state index in [0.717, 1.165) is 19.5 Å². The van der Waals surface area contributed by atoms with Gasteiger partial charge in [0.05, 0.1) is 19.8 Å². The van der Waals surface area contributed by atoms with E-state index in [1.54, 1.807) is 19.2 Å². The van der Waals surface area contributed by atoms with Crippen LogP contribution in [0.25, 0.3) is 0 Å². The van der Waals surface area contributed by atoms with Gasteiger partial charge in [0.1, 0.15) is 11.5 Å². The second kappa shape index (κ2) is 14.8. The Morgan fingerprint density at radius 3 is 2.62 bits per heavy atom. The molecule has 0 fully saturated rings. The lowest BCUT2D eigenvalue weighted by atomic mass is 10.2. The van der Waals surface area contributed by atoms with E-state index >= 15 is 0 Å². The summed E-state index contributed by atoms with van der Waals surface area (Å²) in [5.41, 5.74) is 0.559. The van der Waals surface area contributed by atoms with E-state index in [2.05, 4.69) is 25.3 Å². The van der Waals surface area contributed by atoms with Crippen LogP contribution in [-0.4, -0.2) is 71.0 Å². The largest absolute Gasteiger partial charge is 0.493 e. The molecule has 0 heterocycles. The molecule has 0 spiro atoms. The molecule has 0 saturated heterocycles. The number of alkyl halides is 2. The highest BCUT2D eigenvalue weighted by atomic mass is 19.3. The molecule has 0 aliphatic heterocycles. The first-order chi connectivity index (χ1) is 14.0. The first-order valence-corrected chi connectivity index (χ1v) is 9.90. The zero-order valence-corrected chi connectivity index (χ0v) is 17.8. The molecular formula is C20H34F2N4O3. The van der Waals surface area contributed by atoms with E-state index < -0.39 is 6.61 Å². The molecule has 1 aromatic rings. The van der Waals surface area contributed by atoms with Crippen molar-refractivity contribution in [3.05, 3.63) is 23.8 Å². The molecule has 0 radical (unpaired) electrons. The van der Waals surface area contributed by atoms with E-state index in [0.29, 0.717) is 43.6 Å². The van der Waals surface area contributed by atoms with Crippen LogP contribution in [0, 0.1) is 0 Å². The van der Waals surface area contributed by atoms with Gasteiger partial charge < -0.3 is 29.7 Å². The Bertz CT molecular complexity index is 603. The maximum Gasteiger partial charge on any atom is 0.387 e. The summed E-state index contributed by atoms with van der Waals surface area (Å²) in [5, 5.41) is 6.39. The van der Waals surface area contributed by atoms with Gasteiger partial charge in [-0.3, -0.25) is 0 Å². The molecule has 166 valence electrons. The number of ether oxygens (including phenoxy) is 3. The summed E-state index contributed by atoms with van der Waals surface area (Å²) in [6.45, 7) is 5.46. The van der Waals surface area contributed by atoms with Crippen LogP contribution in [0.1, 0.15) is 25.8 Å². The van der Waals surface area contributed by atoms with Crippen molar-refractivity contribution >= 4 is 5.96 Å². The number of halogens is 2. The van der Waals surface area contributed by atoms with E-state index in [-0.39, 0.29) is 12.3 Å². The summed E-state index contributed by atoms with van der Waals surface area (Å²) >= 11 is 0. The van der Waals surface area contributed by atoms with Gasteiger partial charge in [0.15, 0.2) is 5.96 Å². The molecular weight excluding hydrogens is 382 g/mol. The number of aliphatic imine (C=N–C) groups is 1. The third kappa shape index (κ3) is 10.8. The molecule has 0 atom stereocenters. The van der Waals surface area contributed by atoms with Crippen LogP contribution in [0.2, 0.25) is 0 Å². The van der Waals surface area contributed by atoms with Crippen molar-refractivity contribution in [3.63, 3.8) is 0 Å². The molecule has 2 N–H and O–H groups in total. The molecule has 0 unspecified atom stereocenters. The number of methoxy groups -OCH3 is 1. The predicted octanol–water partition coefficient (Wildman–Crippen LogP) is 2.71. The van der Waals surface area contributed by atoms with Crippen LogP contribution in [0.4, 0.5) is 8.78 Å². The van der Waals surface area contributed by atoms with Gasteiger partial charge in [0, 0.05) is 44.9 Å². The standard InChI is InChI=1S/C20H34F2N4O3/c1-5-12-28-17-8-7-16(18(14-17)29-19(21)22)15-25-20(23-6-2)24-9-10-26(3)11-13-27-4/h7-8,14,19H,5-6,9-13,15H2,1-4H3,(H2,23,24,25). The fourth-order valence-electron chi connectivity index (χ4n) is 2.41. The number of likely N-dealkylation sites (N-methyl/N-ethyl adjacent to an activating group) is 1. The normalized spacial score (nSPS) is 11.8. The highest BCUT2D eigenvalue weighted by Gasteiger charge is 2.12. The number of nitrogens with one attached hydrogen (secondary N) is 2. The Kier molecular flexibility index (Phi) is 12.7. The minimum Gasteiger partial charge on any atom is -0.493 e. The summed E-state index contributed by atoms with van der Waals surface area (Å²) in [4.78, 5) is 6.63. The lowest BCUT2D eigenvalue weighted by molar-refractivity contribution is -0.0505. The maximum absolute atomic E-state index is 12.8. The number of guanidine groups is 1. The average Bonchev–Trinajstić information content (AvgIpc) is 2.69. The number of benzene rings is 1. The van der Waals surface area contributed by atoms with E-state index in [1.807, 2.05) is 20.9 Å². The van der Waals surface area contributed by atoms with Crippen LogP contribution in [0.3, 0.4) is 0 Å².